The molecule has 7 heteroatoms. The predicted molar refractivity (Wildman–Crippen MR) is 87.6 cm³/mol. The van der Waals surface area contributed by atoms with Gasteiger partial charge in [-0.05, 0) is 25.6 Å². The van der Waals surface area contributed by atoms with Crippen molar-refractivity contribution in [2.75, 3.05) is 39.8 Å². The average molecular weight is 338 g/mol. The Kier molecular flexibility index (Phi) is 6.75. The van der Waals surface area contributed by atoms with Gasteiger partial charge in [-0.3, -0.25) is 4.79 Å². The number of nitrogens with zero attached hydrogens (tertiary/aromatic N) is 2. The molecule has 0 bridgehead atoms. The van der Waals surface area contributed by atoms with Gasteiger partial charge in [-0.1, -0.05) is 0 Å². The molecule has 0 atom stereocenters. The number of hydrogen-bond acceptors (Lipinski definition) is 4. The van der Waals surface area contributed by atoms with E-state index in [-0.39, 0.29) is 30.7 Å². The predicted octanol–water partition coefficient (Wildman–Crippen LogP) is 1.62. The Morgan fingerprint density at radius 3 is 2.65 bits per heavy atom. The minimum Gasteiger partial charge on any atom is -0.336 e. The maximum absolute atomic E-state index is 12.5. The van der Waals surface area contributed by atoms with Crippen molar-refractivity contribution in [1.82, 2.24) is 15.1 Å². The van der Waals surface area contributed by atoms with Gasteiger partial charge in [0.15, 0.2) is 0 Å². The molecule has 0 radical (unpaired) electrons. The molecule has 1 saturated heterocycles. The Hall–Kier alpha value is -0.330. The first kappa shape index (κ1) is 17.7. The van der Waals surface area contributed by atoms with Gasteiger partial charge in [-0.15, -0.1) is 36.2 Å². The van der Waals surface area contributed by atoms with E-state index >= 15 is 0 Å². The summed E-state index contributed by atoms with van der Waals surface area (Å²) in [7, 11) is 2.11. The lowest BCUT2D eigenvalue weighted by Gasteiger charge is -2.32. The number of hydrogen-bond donors (Lipinski definition) is 1. The highest BCUT2D eigenvalue weighted by Crippen LogP contribution is 2.26. The van der Waals surface area contributed by atoms with Crippen molar-refractivity contribution in [3.63, 3.8) is 0 Å². The van der Waals surface area contributed by atoms with Crippen LogP contribution in [0.1, 0.15) is 20.8 Å². The molecule has 0 unspecified atom stereocenters. The summed E-state index contributed by atoms with van der Waals surface area (Å²) in [6.45, 7) is 5.61. The Morgan fingerprint density at radius 2 is 1.95 bits per heavy atom. The molecular weight excluding hydrogens is 317 g/mol. The van der Waals surface area contributed by atoms with Gasteiger partial charge in [0, 0.05) is 43.0 Å². The summed E-state index contributed by atoms with van der Waals surface area (Å²) in [6.07, 6.45) is 0.994. The second-order valence-electron chi connectivity index (χ2n) is 5.07. The molecular formula is C13H21Cl2N3OS. The lowest BCUT2D eigenvalue weighted by molar-refractivity contribution is 0.0663. The molecule has 3 rings (SSSR count). The molecule has 4 nitrogen and oxygen atoms in total. The normalized spacial score (nSPS) is 18.8. The molecule has 1 N–H and O–H groups in total. The van der Waals surface area contributed by atoms with E-state index in [4.69, 9.17) is 0 Å². The molecule has 0 aliphatic carbocycles. The highest BCUT2D eigenvalue weighted by molar-refractivity contribution is 7.10. The molecule has 0 aromatic carbocycles. The van der Waals surface area contributed by atoms with Gasteiger partial charge in [0.05, 0.1) is 5.56 Å². The molecule has 1 amide bonds. The van der Waals surface area contributed by atoms with Gasteiger partial charge in [0.1, 0.15) is 0 Å². The number of nitrogens with one attached hydrogen (secondary N) is 1. The lowest BCUT2D eigenvalue weighted by Crippen LogP contribution is -2.47. The van der Waals surface area contributed by atoms with Gasteiger partial charge in [0.25, 0.3) is 5.91 Å². The van der Waals surface area contributed by atoms with Gasteiger partial charge in [-0.2, -0.15) is 0 Å². The molecule has 0 spiro atoms. The summed E-state index contributed by atoms with van der Waals surface area (Å²) in [5.41, 5.74) is 2.25. The summed E-state index contributed by atoms with van der Waals surface area (Å²) in [6, 6.07) is 0. The van der Waals surface area contributed by atoms with Crippen LogP contribution in [0.2, 0.25) is 0 Å². The van der Waals surface area contributed by atoms with Crippen molar-refractivity contribution in [3.8, 4) is 0 Å². The second-order valence-corrected chi connectivity index (χ2v) is 6.04. The Labute approximate surface area is 136 Å². The van der Waals surface area contributed by atoms with Gasteiger partial charge < -0.3 is 15.1 Å². The molecule has 1 aromatic heterocycles. The van der Waals surface area contributed by atoms with Crippen LogP contribution in [0.15, 0.2) is 5.38 Å². The maximum atomic E-state index is 12.5. The first-order valence-corrected chi connectivity index (χ1v) is 7.41. The number of fused-ring (bicyclic) bond motifs is 1. The van der Waals surface area contributed by atoms with Crippen LogP contribution in [-0.2, 0) is 13.0 Å². The summed E-state index contributed by atoms with van der Waals surface area (Å²) in [5, 5.41) is 5.41. The van der Waals surface area contributed by atoms with E-state index in [9.17, 15) is 4.79 Å². The minimum atomic E-state index is 0. The summed E-state index contributed by atoms with van der Waals surface area (Å²) in [5.74, 6) is 0.238. The monoisotopic (exact) mass is 337 g/mol. The Bertz CT molecular complexity index is 458. The number of halogens is 2. The third-order valence-corrected chi connectivity index (χ3v) is 4.87. The van der Waals surface area contributed by atoms with E-state index in [0.29, 0.717) is 0 Å². The summed E-state index contributed by atoms with van der Waals surface area (Å²) >= 11 is 1.72. The van der Waals surface area contributed by atoms with Crippen LogP contribution < -0.4 is 5.32 Å². The number of thiophene rings is 1. The zero-order valence-electron chi connectivity index (χ0n) is 11.6. The molecule has 114 valence electrons. The fraction of sp³-hybridized carbons (Fsp3) is 0.615. The van der Waals surface area contributed by atoms with Crippen LogP contribution in [0.4, 0.5) is 0 Å². The number of carbonyl (C=O) groups is 1. The number of amides is 1. The number of rotatable bonds is 1. The molecule has 3 heterocycles. The third-order valence-electron chi connectivity index (χ3n) is 3.84. The highest BCUT2D eigenvalue weighted by atomic mass is 35.5. The maximum Gasteiger partial charge on any atom is 0.255 e. The molecule has 1 aromatic rings. The molecule has 0 saturated carbocycles. The van der Waals surface area contributed by atoms with Crippen LogP contribution in [0, 0.1) is 0 Å². The summed E-state index contributed by atoms with van der Waals surface area (Å²) in [4.78, 5) is 18.2. The Balaban J connectivity index is 0.000001000. The first-order valence-electron chi connectivity index (χ1n) is 6.53. The highest BCUT2D eigenvalue weighted by Gasteiger charge is 2.25. The largest absolute Gasteiger partial charge is 0.336 e. The van der Waals surface area contributed by atoms with Crippen molar-refractivity contribution >= 4 is 42.1 Å². The van der Waals surface area contributed by atoms with Crippen molar-refractivity contribution in [2.24, 2.45) is 0 Å². The standard InChI is InChI=1S/C13H19N3OS.2ClH/c1-15-4-6-16(7-5-15)13(17)11-9-18-12-8-14-3-2-10(11)12;;/h9,14H,2-8H2,1H3;2*1H. The van der Waals surface area contributed by atoms with Gasteiger partial charge in [-0.25, -0.2) is 0 Å². The summed E-state index contributed by atoms with van der Waals surface area (Å²) < 4.78 is 0. The van der Waals surface area contributed by atoms with Gasteiger partial charge >= 0.3 is 0 Å². The van der Waals surface area contributed by atoms with Crippen molar-refractivity contribution < 1.29 is 4.79 Å². The zero-order valence-corrected chi connectivity index (χ0v) is 14.0. The minimum absolute atomic E-state index is 0. The van der Waals surface area contributed by atoms with Crippen molar-refractivity contribution in [2.45, 2.75) is 13.0 Å². The molecule has 2 aliphatic heterocycles. The fourth-order valence-corrected chi connectivity index (χ4v) is 3.66. The zero-order chi connectivity index (χ0) is 12.5. The topological polar surface area (TPSA) is 35.6 Å². The quantitative estimate of drug-likeness (QED) is 0.845. The van der Waals surface area contributed by atoms with E-state index in [2.05, 4.69) is 22.6 Å². The van der Waals surface area contributed by atoms with Crippen LogP contribution in [0.3, 0.4) is 0 Å². The molecule has 20 heavy (non-hydrogen) atoms. The van der Waals surface area contributed by atoms with Crippen LogP contribution >= 0.6 is 36.2 Å². The second kappa shape index (κ2) is 7.61. The van der Waals surface area contributed by atoms with E-state index < -0.39 is 0 Å². The van der Waals surface area contributed by atoms with Crippen molar-refractivity contribution in [3.05, 3.63) is 21.4 Å². The molecule has 2 aliphatic rings. The Morgan fingerprint density at radius 1 is 1.25 bits per heavy atom. The van der Waals surface area contributed by atoms with Crippen LogP contribution in [0.25, 0.3) is 0 Å². The van der Waals surface area contributed by atoms with E-state index in [1.54, 1.807) is 11.3 Å². The SMILES string of the molecule is CN1CCN(C(=O)c2csc3c2CCNC3)CC1.Cl.Cl. The number of carbonyl (C=O) groups excluding carboxylic acids is 1. The fourth-order valence-electron chi connectivity index (χ4n) is 2.62. The van der Waals surface area contributed by atoms with Crippen LogP contribution in [0.5, 0.6) is 0 Å². The first-order chi connectivity index (χ1) is 8.75. The van der Waals surface area contributed by atoms with Crippen LogP contribution in [-0.4, -0.2) is 55.5 Å². The van der Waals surface area contributed by atoms with Crippen molar-refractivity contribution in [1.29, 1.82) is 0 Å². The lowest BCUT2D eigenvalue weighted by atomic mass is 10.0. The number of likely N-dealkylation sites (N-methyl/N-ethyl adjacent to an activating group) is 1. The van der Waals surface area contributed by atoms with E-state index in [0.717, 1.165) is 51.3 Å². The smallest absolute Gasteiger partial charge is 0.255 e. The molecule has 1 fully saturated rings. The van der Waals surface area contributed by atoms with E-state index in [1.807, 2.05) is 4.90 Å². The number of piperazine rings is 1. The third kappa shape index (κ3) is 3.46. The van der Waals surface area contributed by atoms with E-state index in [1.165, 1.54) is 10.4 Å². The van der Waals surface area contributed by atoms with Gasteiger partial charge in [0.2, 0.25) is 0 Å². The average Bonchev–Trinajstić information content (AvgIpc) is 2.82.